The van der Waals surface area contributed by atoms with Gasteiger partial charge in [0.1, 0.15) is 12.4 Å². The quantitative estimate of drug-likeness (QED) is 0.610. The second kappa shape index (κ2) is 7.45. The Morgan fingerprint density at radius 1 is 1.26 bits per heavy atom. The van der Waals surface area contributed by atoms with Crippen LogP contribution in [0.25, 0.3) is 0 Å². The Morgan fingerprint density at radius 2 is 1.95 bits per heavy atom. The Bertz CT molecular complexity index is 381. The molecular formula is C13H17F4NO. The standard InChI is InChI=1S/C13H17F4NO/c1-2-12(10-5-3-4-6-11(10)14)18-7-8-19-9-13(15,16)17/h3-6,12,18H,2,7-9H2,1H3. The van der Waals surface area contributed by atoms with Crippen LogP contribution >= 0.6 is 0 Å². The summed E-state index contributed by atoms with van der Waals surface area (Å²) in [6, 6.07) is 6.11. The Kier molecular flexibility index (Phi) is 6.24. The van der Waals surface area contributed by atoms with Crippen LogP contribution < -0.4 is 5.32 Å². The Labute approximate surface area is 109 Å². The van der Waals surface area contributed by atoms with Crippen LogP contribution in [0.3, 0.4) is 0 Å². The minimum absolute atomic E-state index is 0.0650. The third-order valence-electron chi connectivity index (χ3n) is 2.59. The van der Waals surface area contributed by atoms with Crippen molar-refractivity contribution in [3.8, 4) is 0 Å². The van der Waals surface area contributed by atoms with E-state index in [1.54, 1.807) is 18.2 Å². The molecule has 0 aliphatic carbocycles. The van der Waals surface area contributed by atoms with Gasteiger partial charge in [-0.2, -0.15) is 13.2 Å². The molecule has 0 aliphatic heterocycles. The highest BCUT2D eigenvalue weighted by atomic mass is 19.4. The minimum Gasteiger partial charge on any atom is -0.371 e. The lowest BCUT2D eigenvalue weighted by Crippen LogP contribution is -2.27. The molecule has 0 spiro atoms. The van der Waals surface area contributed by atoms with Gasteiger partial charge in [0, 0.05) is 18.2 Å². The van der Waals surface area contributed by atoms with Crippen molar-refractivity contribution in [1.29, 1.82) is 0 Å². The van der Waals surface area contributed by atoms with Gasteiger partial charge in [0.15, 0.2) is 0 Å². The zero-order chi connectivity index (χ0) is 14.3. The number of alkyl halides is 3. The van der Waals surface area contributed by atoms with Crippen molar-refractivity contribution >= 4 is 0 Å². The summed E-state index contributed by atoms with van der Waals surface area (Å²) >= 11 is 0. The second-order valence-electron chi connectivity index (χ2n) is 4.10. The summed E-state index contributed by atoms with van der Waals surface area (Å²) in [7, 11) is 0. The van der Waals surface area contributed by atoms with E-state index in [0.717, 1.165) is 0 Å². The molecule has 0 radical (unpaired) electrons. The lowest BCUT2D eigenvalue weighted by molar-refractivity contribution is -0.173. The first-order valence-electron chi connectivity index (χ1n) is 6.06. The van der Waals surface area contributed by atoms with Gasteiger partial charge in [0.2, 0.25) is 0 Å². The predicted molar refractivity (Wildman–Crippen MR) is 64.3 cm³/mol. The summed E-state index contributed by atoms with van der Waals surface area (Å²) in [5, 5.41) is 2.98. The van der Waals surface area contributed by atoms with E-state index in [9.17, 15) is 17.6 Å². The zero-order valence-corrected chi connectivity index (χ0v) is 10.6. The number of halogens is 4. The van der Waals surface area contributed by atoms with Crippen molar-refractivity contribution in [2.45, 2.75) is 25.6 Å². The largest absolute Gasteiger partial charge is 0.411 e. The Morgan fingerprint density at radius 3 is 2.53 bits per heavy atom. The molecule has 0 aromatic heterocycles. The average Bonchev–Trinajstić information content (AvgIpc) is 2.34. The third kappa shape index (κ3) is 6.02. The van der Waals surface area contributed by atoms with Gasteiger partial charge in [-0.25, -0.2) is 4.39 Å². The summed E-state index contributed by atoms with van der Waals surface area (Å²) in [5.74, 6) is -0.321. The fraction of sp³-hybridized carbons (Fsp3) is 0.538. The summed E-state index contributed by atoms with van der Waals surface area (Å²) in [4.78, 5) is 0. The van der Waals surface area contributed by atoms with Crippen LogP contribution in [0.15, 0.2) is 24.3 Å². The van der Waals surface area contributed by atoms with Gasteiger partial charge in [-0.3, -0.25) is 0 Å². The van der Waals surface area contributed by atoms with Crippen molar-refractivity contribution in [1.82, 2.24) is 5.32 Å². The second-order valence-corrected chi connectivity index (χ2v) is 4.10. The first-order chi connectivity index (χ1) is 8.94. The van der Waals surface area contributed by atoms with Crippen LogP contribution in [-0.4, -0.2) is 25.9 Å². The molecule has 0 saturated heterocycles. The highest BCUT2D eigenvalue weighted by Crippen LogP contribution is 2.19. The molecule has 0 heterocycles. The molecule has 1 rings (SSSR count). The molecule has 1 aromatic carbocycles. The number of rotatable bonds is 7. The maximum atomic E-state index is 13.5. The highest BCUT2D eigenvalue weighted by Gasteiger charge is 2.27. The topological polar surface area (TPSA) is 21.3 Å². The smallest absolute Gasteiger partial charge is 0.371 e. The van der Waals surface area contributed by atoms with Gasteiger partial charge in [-0.05, 0) is 12.5 Å². The molecule has 6 heteroatoms. The minimum atomic E-state index is -4.31. The van der Waals surface area contributed by atoms with Crippen molar-refractivity contribution in [3.05, 3.63) is 35.6 Å². The number of ether oxygens (including phenoxy) is 1. The molecule has 1 atom stereocenters. The van der Waals surface area contributed by atoms with Crippen molar-refractivity contribution in [3.63, 3.8) is 0 Å². The summed E-state index contributed by atoms with van der Waals surface area (Å²) in [6.07, 6.45) is -3.67. The first kappa shape index (κ1) is 15.9. The monoisotopic (exact) mass is 279 g/mol. The van der Waals surface area contributed by atoms with E-state index in [2.05, 4.69) is 10.1 Å². The van der Waals surface area contributed by atoms with Gasteiger partial charge in [0.05, 0.1) is 6.61 Å². The van der Waals surface area contributed by atoms with E-state index in [1.165, 1.54) is 6.07 Å². The van der Waals surface area contributed by atoms with Crippen LogP contribution in [0.4, 0.5) is 17.6 Å². The van der Waals surface area contributed by atoms with Crippen molar-refractivity contribution in [2.75, 3.05) is 19.8 Å². The lowest BCUT2D eigenvalue weighted by Gasteiger charge is -2.18. The molecule has 1 unspecified atom stereocenters. The fourth-order valence-electron chi connectivity index (χ4n) is 1.73. The van der Waals surface area contributed by atoms with Crippen LogP contribution in [0, 0.1) is 5.82 Å². The normalized spacial score (nSPS) is 13.5. The summed E-state index contributed by atoms with van der Waals surface area (Å²) in [5.41, 5.74) is 0.515. The fourth-order valence-corrected chi connectivity index (χ4v) is 1.73. The molecule has 108 valence electrons. The number of benzene rings is 1. The molecule has 1 N–H and O–H groups in total. The van der Waals surface area contributed by atoms with Crippen molar-refractivity contribution in [2.24, 2.45) is 0 Å². The molecular weight excluding hydrogens is 262 g/mol. The maximum Gasteiger partial charge on any atom is 0.411 e. The van der Waals surface area contributed by atoms with Gasteiger partial charge in [0.25, 0.3) is 0 Å². The van der Waals surface area contributed by atoms with E-state index in [4.69, 9.17) is 0 Å². The average molecular weight is 279 g/mol. The number of hydrogen-bond acceptors (Lipinski definition) is 2. The van der Waals surface area contributed by atoms with E-state index < -0.39 is 12.8 Å². The van der Waals surface area contributed by atoms with E-state index >= 15 is 0 Å². The van der Waals surface area contributed by atoms with Crippen LogP contribution in [0.1, 0.15) is 24.9 Å². The summed E-state index contributed by atoms with van der Waals surface area (Å²) < 4.78 is 53.5. The van der Waals surface area contributed by atoms with Crippen LogP contribution in [0.2, 0.25) is 0 Å². The van der Waals surface area contributed by atoms with E-state index in [-0.39, 0.29) is 25.0 Å². The molecule has 0 saturated carbocycles. The van der Waals surface area contributed by atoms with Gasteiger partial charge >= 0.3 is 6.18 Å². The number of nitrogens with one attached hydrogen (secondary N) is 1. The SMILES string of the molecule is CCC(NCCOCC(F)(F)F)c1ccccc1F. The van der Waals surface area contributed by atoms with E-state index in [1.807, 2.05) is 6.92 Å². The Hall–Kier alpha value is -1.14. The molecule has 0 fully saturated rings. The van der Waals surface area contributed by atoms with E-state index in [0.29, 0.717) is 12.0 Å². The molecule has 0 bridgehead atoms. The maximum absolute atomic E-state index is 13.5. The van der Waals surface area contributed by atoms with Gasteiger partial charge in [-0.15, -0.1) is 0 Å². The van der Waals surface area contributed by atoms with Gasteiger partial charge in [-0.1, -0.05) is 25.1 Å². The molecule has 2 nitrogen and oxygen atoms in total. The van der Waals surface area contributed by atoms with Gasteiger partial charge < -0.3 is 10.1 Å². The molecule has 0 aliphatic rings. The number of hydrogen-bond donors (Lipinski definition) is 1. The third-order valence-corrected chi connectivity index (χ3v) is 2.59. The predicted octanol–water partition coefficient (Wildman–Crippen LogP) is 3.45. The molecule has 0 amide bonds. The molecule has 19 heavy (non-hydrogen) atoms. The van der Waals surface area contributed by atoms with Crippen molar-refractivity contribution < 1.29 is 22.3 Å². The summed E-state index contributed by atoms with van der Waals surface area (Å²) in [6.45, 7) is 0.791. The van der Waals surface area contributed by atoms with Crippen LogP contribution in [0.5, 0.6) is 0 Å². The Balaban J connectivity index is 2.36. The first-order valence-corrected chi connectivity index (χ1v) is 6.06. The highest BCUT2D eigenvalue weighted by molar-refractivity contribution is 5.20. The molecule has 1 aromatic rings. The van der Waals surface area contributed by atoms with Crippen LogP contribution in [-0.2, 0) is 4.74 Å². The lowest BCUT2D eigenvalue weighted by atomic mass is 10.0. The zero-order valence-electron chi connectivity index (χ0n) is 10.6.